The molecule has 0 saturated heterocycles. The van der Waals surface area contributed by atoms with Gasteiger partial charge in [-0.1, -0.05) is 41.9 Å². The van der Waals surface area contributed by atoms with Crippen LogP contribution >= 0.6 is 11.6 Å². The highest BCUT2D eigenvalue weighted by molar-refractivity contribution is 6.31. The zero-order valence-corrected chi connectivity index (χ0v) is 16.1. The fourth-order valence-electron chi connectivity index (χ4n) is 2.71. The second-order valence-electron chi connectivity index (χ2n) is 6.10. The van der Waals surface area contributed by atoms with Gasteiger partial charge < -0.3 is 15.2 Å². The first kappa shape index (κ1) is 20.2. The predicted molar refractivity (Wildman–Crippen MR) is 109 cm³/mol. The van der Waals surface area contributed by atoms with E-state index >= 15 is 0 Å². The third-order valence-corrected chi connectivity index (χ3v) is 4.48. The zero-order chi connectivity index (χ0) is 20.6. The summed E-state index contributed by atoms with van der Waals surface area (Å²) in [5.74, 6) is 0. The number of aromatic nitrogens is 2. The number of halogens is 1. The number of carboxylic acid groups (broad SMARTS) is 1. The number of hydrogen-bond acceptors (Lipinski definition) is 4. The summed E-state index contributed by atoms with van der Waals surface area (Å²) in [4.78, 5) is 22.6. The lowest BCUT2D eigenvalue weighted by molar-refractivity contribution is 0.147. The van der Waals surface area contributed by atoms with Crippen molar-refractivity contribution in [3.8, 4) is 11.3 Å². The van der Waals surface area contributed by atoms with Gasteiger partial charge >= 0.3 is 12.2 Å². The molecule has 0 fully saturated rings. The van der Waals surface area contributed by atoms with Gasteiger partial charge in [0.25, 0.3) is 0 Å². The molecule has 0 aliphatic rings. The summed E-state index contributed by atoms with van der Waals surface area (Å²) in [6.07, 6.45) is 0.546. The topological polar surface area (TPSA) is 116 Å². The Kier molecular flexibility index (Phi) is 6.70. The average Bonchev–Trinajstić information content (AvgIpc) is 3.17. The van der Waals surface area contributed by atoms with E-state index in [0.29, 0.717) is 22.8 Å². The molecule has 8 nitrogen and oxygen atoms in total. The van der Waals surface area contributed by atoms with Gasteiger partial charge in [0, 0.05) is 41.0 Å². The molecule has 0 bridgehead atoms. The number of ether oxygens (including phenoxy) is 1. The van der Waals surface area contributed by atoms with Gasteiger partial charge in [0.15, 0.2) is 0 Å². The maximum atomic E-state index is 11.9. The van der Waals surface area contributed by atoms with Crippen LogP contribution in [-0.4, -0.2) is 34.1 Å². The Hall–Kier alpha value is -3.52. The molecule has 150 valence electrons. The molecule has 1 heterocycles. The first-order chi connectivity index (χ1) is 14.0. The van der Waals surface area contributed by atoms with Crippen molar-refractivity contribution in [3.63, 3.8) is 0 Å². The first-order valence-corrected chi connectivity index (χ1v) is 9.18. The molecule has 29 heavy (non-hydrogen) atoms. The predicted octanol–water partition coefficient (Wildman–Crippen LogP) is 4.29. The molecular formula is C20H19ClN4O4. The summed E-state index contributed by atoms with van der Waals surface area (Å²) in [7, 11) is 0. The zero-order valence-electron chi connectivity index (χ0n) is 15.3. The van der Waals surface area contributed by atoms with Crippen LogP contribution in [0.4, 0.5) is 15.3 Å². The lowest BCUT2D eigenvalue weighted by Gasteiger charge is -2.08. The van der Waals surface area contributed by atoms with Crippen molar-refractivity contribution in [2.75, 3.05) is 11.9 Å². The monoisotopic (exact) mass is 414 g/mol. The molecule has 0 radical (unpaired) electrons. The normalized spacial score (nSPS) is 10.4. The summed E-state index contributed by atoms with van der Waals surface area (Å²) in [5, 5.41) is 21.3. The van der Waals surface area contributed by atoms with Crippen LogP contribution in [0.15, 0.2) is 54.7 Å². The number of amides is 2. The van der Waals surface area contributed by atoms with Crippen molar-refractivity contribution in [3.05, 3.63) is 70.9 Å². The Bertz CT molecular complexity index is 988. The number of benzene rings is 2. The van der Waals surface area contributed by atoms with Gasteiger partial charge in [0.05, 0.1) is 12.3 Å². The van der Waals surface area contributed by atoms with Crippen LogP contribution in [0.5, 0.6) is 0 Å². The Labute approximate surface area is 171 Å². The van der Waals surface area contributed by atoms with Gasteiger partial charge in [-0.15, -0.1) is 0 Å². The molecule has 2 amide bonds. The molecule has 1 aromatic heterocycles. The summed E-state index contributed by atoms with van der Waals surface area (Å²) in [6, 6.07) is 14.2. The fraction of sp³-hybridized carbons (Fsp3) is 0.150. The molecule has 0 aliphatic carbocycles. The van der Waals surface area contributed by atoms with Gasteiger partial charge in [-0.3, -0.25) is 10.4 Å². The van der Waals surface area contributed by atoms with Crippen LogP contribution in [-0.2, 0) is 17.7 Å². The second kappa shape index (κ2) is 9.61. The maximum Gasteiger partial charge on any atom is 0.409 e. The van der Waals surface area contributed by atoms with Crippen molar-refractivity contribution < 1.29 is 19.4 Å². The molecule has 0 unspecified atom stereocenters. The second-order valence-corrected chi connectivity index (χ2v) is 6.50. The molecule has 9 heteroatoms. The highest BCUT2D eigenvalue weighted by atomic mass is 35.5. The third-order valence-electron chi connectivity index (χ3n) is 4.11. The molecule has 0 atom stereocenters. The van der Waals surface area contributed by atoms with Gasteiger partial charge in [0.1, 0.15) is 0 Å². The summed E-state index contributed by atoms with van der Waals surface area (Å²) >= 11 is 6.08. The minimum absolute atomic E-state index is 0.214. The van der Waals surface area contributed by atoms with Crippen LogP contribution in [0, 0.1) is 0 Å². The van der Waals surface area contributed by atoms with E-state index in [-0.39, 0.29) is 13.2 Å². The first-order valence-electron chi connectivity index (χ1n) is 8.80. The number of rotatable bonds is 7. The molecule has 2 aromatic carbocycles. The summed E-state index contributed by atoms with van der Waals surface area (Å²) in [5.41, 5.74) is 3.58. The number of aromatic amines is 1. The van der Waals surface area contributed by atoms with E-state index in [0.717, 1.165) is 16.7 Å². The van der Waals surface area contributed by atoms with Crippen molar-refractivity contribution in [2.45, 2.75) is 13.0 Å². The van der Waals surface area contributed by atoms with Gasteiger partial charge in [0.2, 0.25) is 0 Å². The number of H-pyrrole nitrogens is 1. The minimum Gasteiger partial charge on any atom is -0.465 e. The standard InChI is InChI=1S/C20H19ClN4O4/c21-17-4-2-1-3-13(17)9-10-29-20(28)22-11-15-12-23-25-18(15)14-5-7-16(8-6-14)24-19(26)27/h1-8,12,24H,9-11H2,(H,22,28)(H,23,25)(H,26,27). The summed E-state index contributed by atoms with van der Waals surface area (Å²) in [6.45, 7) is 0.442. The number of alkyl carbamates (subject to hydrolysis) is 1. The number of nitrogens with one attached hydrogen (secondary N) is 3. The van der Waals surface area contributed by atoms with E-state index in [2.05, 4.69) is 20.8 Å². The molecule has 0 saturated carbocycles. The smallest absolute Gasteiger partial charge is 0.409 e. The Morgan fingerprint density at radius 2 is 1.86 bits per heavy atom. The third kappa shape index (κ3) is 5.73. The van der Waals surface area contributed by atoms with E-state index < -0.39 is 12.2 Å². The lowest BCUT2D eigenvalue weighted by Crippen LogP contribution is -2.24. The Balaban J connectivity index is 1.51. The van der Waals surface area contributed by atoms with Crippen LogP contribution in [0.2, 0.25) is 5.02 Å². The number of nitrogens with zero attached hydrogens (tertiary/aromatic N) is 1. The van der Waals surface area contributed by atoms with E-state index in [4.69, 9.17) is 21.4 Å². The molecule has 0 aliphatic heterocycles. The fourth-order valence-corrected chi connectivity index (χ4v) is 2.94. The lowest BCUT2D eigenvalue weighted by atomic mass is 10.1. The minimum atomic E-state index is -1.13. The maximum absolute atomic E-state index is 11.9. The Morgan fingerprint density at radius 3 is 2.59 bits per heavy atom. The highest BCUT2D eigenvalue weighted by Crippen LogP contribution is 2.23. The SMILES string of the molecule is O=C(O)Nc1ccc(-c2n[nH]cc2CNC(=O)OCCc2ccccc2Cl)cc1. The van der Waals surface area contributed by atoms with E-state index in [9.17, 15) is 9.59 Å². The molecule has 4 N–H and O–H groups in total. The largest absolute Gasteiger partial charge is 0.465 e. The van der Waals surface area contributed by atoms with E-state index in [1.165, 1.54) is 0 Å². The average molecular weight is 415 g/mol. The van der Waals surface area contributed by atoms with Gasteiger partial charge in [-0.25, -0.2) is 9.59 Å². The van der Waals surface area contributed by atoms with Crippen LogP contribution in [0.25, 0.3) is 11.3 Å². The van der Waals surface area contributed by atoms with Crippen molar-refractivity contribution >= 4 is 29.5 Å². The van der Waals surface area contributed by atoms with Crippen LogP contribution < -0.4 is 10.6 Å². The van der Waals surface area contributed by atoms with Crippen LogP contribution in [0.3, 0.4) is 0 Å². The molecule has 3 aromatic rings. The van der Waals surface area contributed by atoms with Crippen molar-refractivity contribution in [1.29, 1.82) is 0 Å². The van der Waals surface area contributed by atoms with Gasteiger partial charge in [-0.2, -0.15) is 5.10 Å². The quantitative estimate of drug-likeness (QED) is 0.460. The molecular weight excluding hydrogens is 396 g/mol. The molecule has 3 rings (SSSR count). The highest BCUT2D eigenvalue weighted by Gasteiger charge is 2.11. The van der Waals surface area contributed by atoms with Crippen LogP contribution in [0.1, 0.15) is 11.1 Å². The van der Waals surface area contributed by atoms with E-state index in [1.54, 1.807) is 36.5 Å². The Morgan fingerprint density at radius 1 is 1.10 bits per heavy atom. The molecule has 0 spiro atoms. The summed E-state index contributed by atoms with van der Waals surface area (Å²) < 4.78 is 5.19. The number of carbonyl (C=O) groups excluding carboxylic acids is 1. The number of hydrogen-bond donors (Lipinski definition) is 4. The van der Waals surface area contributed by atoms with Crippen molar-refractivity contribution in [2.24, 2.45) is 0 Å². The van der Waals surface area contributed by atoms with E-state index in [1.807, 2.05) is 18.2 Å². The number of anilines is 1. The van der Waals surface area contributed by atoms with Gasteiger partial charge in [-0.05, 0) is 23.8 Å². The van der Waals surface area contributed by atoms with Crippen molar-refractivity contribution in [1.82, 2.24) is 15.5 Å². The number of carbonyl (C=O) groups is 2.